The molecule has 0 aromatic rings. The number of carboxylic acids is 1. The molecule has 1 fully saturated rings. The fourth-order valence-electron chi connectivity index (χ4n) is 2.80. The summed E-state index contributed by atoms with van der Waals surface area (Å²) in [7, 11) is 0. The van der Waals surface area contributed by atoms with E-state index in [0.29, 0.717) is 12.6 Å². The maximum atomic E-state index is 11.3. The maximum absolute atomic E-state index is 11.3. The second kappa shape index (κ2) is 7.74. The molecule has 1 aliphatic rings. The van der Waals surface area contributed by atoms with Gasteiger partial charge in [-0.15, -0.1) is 0 Å². The Labute approximate surface area is 111 Å². The van der Waals surface area contributed by atoms with Crippen LogP contribution in [0.2, 0.25) is 0 Å². The van der Waals surface area contributed by atoms with Gasteiger partial charge in [-0.1, -0.05) is 33.6 Å². The van der Waals surface area contributed by atoms with Crippen LogP contribution < -0.4 is 5.32 Å². The summed E-state index contributed by atoms with van der Waals surface area (Å²) < 4.78 is 0. The number of piperidine rings is 1. The second-order valence-corrected chi connectivity index (χ2v) is 5.65. The minimum Gasteiger partial charge on any atom is -0.480 e. The van der Waals surface area contributed by atoms with Crippen LogP contribution in [-0.4, -0.2) is 47.2 Å². The lowest BCUT2D eigenvalue weighted by atomic mass is 9.97. The molecule has 0 aromatic heterocycles. The summed E-state index contributed by atoms with van der Waals surface area (Å²) in [6, 6.07) is 0.350. The van der Waals surface area contributed by atoms with Crippen molar-refractivity contribution in [3.63, 3.8) is 0 Å². The van der Waals surface area contributed by atoms with Crippen molar-refractivity contribution in [1.29, 1.82) is 0 Å². The van der Waals surface area contributed by atoms with E-state index < -0.39 is 12.0 Å². The van der Waals surface area contributed by atoms with E-state index in [1.807, 2.05) is 13.8 Å². The van der Waals surface area contributed by atoms with Crippen molar-refractivity contribution in [2.24, 2.45) is 0 Å². The first-order valence-electron chi connectivity index (χ1n) is 7.27. The molecule has 2 atom stereocenters. The van der Waals surface area contributed by atoms with Gasteiger partial charge < -0.3 is 10.4 Å². The van der Waals surface area contributed by atoms with Crippen molar-refractivity contribution in [2.45, 2.75) is 71.0 Å². The molecule has 0 spiro atoms. The number of nitrogens with zero attached hydrogens (tertiary/aromatic N) is 1. The lowest BCUT2D eigenvalue weighted by Crippen LogP contribution is -2.52. The Balaban J connectivity index is 2.56. The van der Waals surface area contributed by atoms with Crippen LogP contribution in [0.15, 0.2) is 0 Å². The molecule has 0 aliphatic carbocycles. The number of hydrogen-bond donors (Lipinski definition) is 2. The normalized spacial score (nSPS) is 23.2. The highest BCUT2D eigenvalue weighted by molar-refractivity contribution is 5.73. The third kappa shape index (κ3) is 4.94. The van der Waals surface area contributed by atoms with E-state index >= 15 is 0 Å². The Hall–Kier alpha value is -0.610. The van der Waals surface area contributed by atoms with Crippen molar-refractivity contribution in [2.75, 3.05) is 13.1 Å². The third-order valence-electron chi connectivity index (χ3n) is 3.62. The van der Waals surface area contributed by atoms with Crippen LogP contribution in [0, 0.1) is 0 Å². The van der Waals surface area contributed by atoms with E-state index in [0.717, 1.165) is 6.54 Å². The van der Waals surface area contributed by atoms with Gasteiger partial charge in [0.2, 0.25) is 0 Å². The zero-order valence-electron chi connectivity index (χ0n) is 12.0. The molecule has 0 saturated carbocycles. The molecule has 0 bridgehead atoms. The number of nitrogens with one attached hydrogen (secondary N) is 1. The fraction of sp³-hybridized carbons (Fsp3) is 0.929. The molecule has 0 radical (unpaired) electrons. The van der Waals surface area contributed by atoms with Gasteiger partial charge >= 0.3 is 5.97 Å². The van der Waals surface area contributed by atoms with E-state index in [-0.39, 0.29) is 6.04 Å². The number of likely N-dealkylation sites (tertiary alicyclic amines) is 1. The van der Waals surface area contributed by atoms with Crippen molar-refractivity contribution in [3.8, 4) is 0 Å². The summed E-state index contributed by atoms with van der Waals surface area (Å²) >= 11 is 0. The summed E-state index contributed by atoms with van der Waals surface area (Å²) in [6.45, 7) is 7.88. The topological polar surface area (TPSA) is 52.6 Å². The summed E-state index contributed by atoms with van der Waals surface area (Å²) in [6.07, 6.45) is 6.08. The number of rotatable bonds is 7. The lowest BCUT2D eigenvalue weighted by Gasteiger charge is -2.37. The highest BCUT2D eigenvalue weighted by Crippen LogP contribution is 2.21. The smallest absolute Gasteiger partial charge is 0.322 e. The zero-order valence-corrected chi connectivity index (χ0v) is 12.0. The van der Waals surface area contributed by atoms with E-state index in [9.17, 15) is 9.90 Å². The Bertz CT molecular complexity index is 254. The zero-order chi connectivity index (χ0) is 13.5. The molecule has 1 rings (SSSR count). The molecule has 106 valence electrons. The van der Waals surface area contributed by atoms with E-state index in [1.54, 1.807) is 0 Å². The minimum atomic E-state index is -0.732. The molecule has 0 amide bonds. The molecule has 1 aliphatic heterocycles. The highest BCUT2D eigenvalue weighted by Gasteiger charge is 2.27. The standard InChI is InChI=1S/C14H28N2O2/c1-4-7-12-8-5-6-9-16(12)10-13(14(17)18)15-11(2)3/h11-13,15H,4-10H2,1-3H3,(H,17,18). The molecule has 0 aromatic carbocycles. The van der Waals surface area contributed by atoms with Crippen molar-refractivity contribution < 1.29 is 9.90 Å². The van der Waals surface area contributed by atoms with Crippen LogP contribution in [0.3, 0.4) is 0 Å². The van der Waals surface area contributed by atoms with Crippen LogP contribution in [0.1, 0.15) is 52.9 Å². The van der Waals surface area contributed by atoms with E-state index in [4.69, 9.17) is 0 Å². The van der Waals surface area contributed by atoms with Crippen molar-refractivity contribution in [1.82, 2.24) is 10.2 Å². The number of carboxylic acid groups (broad SMARTS) is 1. The molecule has 2 N–H and O–H groups in total. The van der Waals surface area contributed by atoms with Gasteiger partial charge in [0.15, 0.2) is 0 Å². The highest BCUT2D eigenvalue weighted by atomic mass is 16.4. The first kappa shape index (κ1) is 15.4. The summed E-state index contributed by atoms with van der Waals surface area (Å²) in [4.78, 5) is 13.7. The molecule has 1 saturated heterocycles. The molecule has 2 unspecified atom stereocenters. The van der Waals surface area contributed by atoms with Gasteiger partial charge in [0, 0.05) is 18.6 Å². The molecular weight excluding hydrogens is 228 g/mol. The molecule has 1 heterocycles. The first-order chi connectivity index (χ1) is 8.54. The van der Waals surface area contributed by atoms with Gasteiger partial charge in [-0.3, -0.25) is 9.69 Å². The van der Waals surface area contributed by atoms with Crippen molar-refractivity contribution >= 4 is 5.97 Å². The van der Waals surface area contributed by atoms with Gasteiger partial charge in [0.05, 0.1) is 0 Å². The lowest BCUT2D eigenvalue weighted by molar-refractivity contribution is -0.140. The van der Waals surface area contributed by atoms with Crippen LogP contribution in [0.4, 0.5) is 0 Å². The largest absolute Gasteiger partial charge is 0.480 e. The summed E-state index contributed by atoms with van der Waals surface area (Å²) in [5.41, 5.74) is 0. The SMILES string of the molecule is CCCC1CCCCN1CC(NC(C)C)C(=O)O. The predicted octanol–water partition coefficient (Wildman–Crippen LogP) is 2.09. The summed E-state index contributed by atoms with van der Waals surface area (Å²) in [5.74, 6) is -0.732. The van der Waals surface area contributed by atoms with Crippen LogP contribution >= 0.6 is 0 Å². The molecular formula is C14H28N2O2. The Kier molecular flexibility index (Phi) is 6.65. The van der Waals surface area contributed by atoms with Crippen LogP contribution in [0.25, 0.3) is 0 Å². The number of aliphatic carboxylic acids is 1. The van der Waals surface area contributed by atoms with E-state index in [1.165, 1.54) is 32.1 Å². The van der Waals surface area contributed by atoms with E-state index in [2.05, 4.69) is 17.1 Å². The number of carbonyl (C=O) groups is 1. The van der Waals surface area contributed by atoms with Gasteiger partial charge in [0.25, 0.3) is 0 Å². The van der Waals surface area contributed by atoms with Gasteiger partial charge in [-0.2, -0.15) is 0 Å². The van der Waals surface area contributed by atoms with Gasteiger partial charge in [-0.25, -0.2) is 0 Å². The number of hydrogen-bond acceptors (Lipinski definition) is 3. The van der Waals surface area contributed by atoms with Gasteiger partial charge in [-0.05, 0) is 25.8 Å². The Morgan fingerprint density at radius 2 is 2.17 bits per heavy atom. The Morgan fingerprint density at radius 3 is 2.72 bits per heavy atom. The van der Waals surface area contributed by atoms with Crippen LogP contribution in [-0.2, 0) is 4.79 Å². The van der Waals surface area contributed by atoms with Crippen LogP contribution in [0.5, 0.6) is 0 Å². The molecule has 4 nitrogen and oxygen atoms in total. The monoisotopic (exact) mass is 256 g/mol. The van der Waals surface area contributed by atoms with Gasteiger partial charge in [0.1, 0.15) is 6.04 Å². The first-order valence-corrected chi connectivity index (χ1v) is 7.27. The average molecular weight is 256 g/mol. The van der Waals surface area contributed by atoms with Crippen molar-refractivity contribution in [3.05, 3.63) is 0 Å². The third-order valence-corrected chi connectivity index (χ3v) is 3.62. The second-order valence-electron chi connectivity index (χ2n) is 5.65. The minimum absolute atomic E-state index is 0.209. The maximum Gasteiger partial charge on any atom is 0.322 e. The molecule has 4 heteroatoms. The fourth-order valence-corrected chi connectivity index (χ4v) is 2.80. The predicted molar refractivity (Wildman–Crippen MR) is 73.8 cm³/mol. The Morgan fingerprint density at radius 1 is 1.44 bits per heavy atom. The summed E-state index contributed by atoms with van der Waals surface area (Å²) in [5, 5.41) is 12.4. The quantitative estimate of drug-likeness (QED) is 0.732. The molecule has 18 heavy (non-hydrogen) atoms. The average Bonchev–Trinajstić information content (AvgIpc) is 2.30.